The summed E-state index contributed by atoms with van der Waals surface area (Å²) in [5.41, 5.74) is 0. The molecule has 0 saturated carbocycles. The van der Waals surface area contributed by atoms with Crippen molar-refractivity contribution in [1.82, 2.24) is 0 Å². The van der Waals surface area contributed by atoms with Crippen molar-refractivity contribution in [2.24, 2.45) is 0 Å². The van der Waals surface area contributed by atoms with Gasteiger partial charge in [0.2, 0.25) is 0 Å². The van der Waals surface area contributed by atoms with Crippen molar-refractivity contribution in [3.63, 3.8) is 0 Å². The lowest BCUT2D eigenvalue weighted by molar-refractivity contribution is 0.728. The third-order valence-corrected chi connectivity index (χ3v) is 1.85. The predicted octanol–water partition coefficient (Wildman–Crippen LogP) is 4.31. The molecule has 0 fully saturated rings. The van der Waals surface area contributed by atoms with Crippen LogP contribution in [0.25, 0.3) is 0 Å². The van der Waals surface area contributed by atoms with Crippen LogP contribution in [0.1, 0.15) is 39.0 Å². The summed E-state index contributed by atoms with van der Waals surface area (Å²) in [5, 5.41) is 0. The molecule has 70 valence electrons. The minimum Gasteiger partial charge on any atom is -0.122 e. The van der Waals surface area contributed by atoms with E-state index in [-0.39, 0.29) is 0 Å². The van der Waals surface area contributed by atoms with Gasteiger partial charge < -0.3 is 0 Å². The van der Waals surface area contributed by atoms with Crippen LogP contribution in [0.4, 0.5) is 0 Å². The van der Waals surface area contributed by atoms with Crippen LogP contribution in [-0.2, 0) is 0 Å². The van der Waals surface area contributed by atoms with E-state index in [1.807, 2.05) is 6.08 Å². The van der Waals surface area contributed by atoms with Crippen LogP contribution >= 0.6 is 11.6 Å². The molecule has 0 aromatic heterocycles. The second kappa shape index (κ2) is 10.8. The monoisotopic (exact) mass is 186 g/mol. The van der Waals surface area contributed by atoms with Crippen molar-refractivity contribution in [2.45, 2.75) is 39.0 Å². The van der Waals surface area contributed by atoms with Crippen molar-refractivity contribution < 1.29 is 0 Å². The highest BCUT2D eigenvalue weighted by Crippen LogP contribution is 2.00. The molecule has 0 heterocycles. The van der Waals surface area contributed by atoms with Gasteiger partial charge in [-0.25, -0.2) is 0 Å². The Bertz CT molecular complexity index is 125. The molecule has 0 aliphatic rings. The molecule has 12 heavy (non-hydrogen) atoms. The molecule has 0 aliphatic carbocycles. The normalized spacial score (nSPS) is 11.8. The van der Waals surface area contributed by atoms with E-state index in [4.69, 9.17) is 11.6 Å². The van der Waals surface area contributed by atoms with Gasteiger partial charge in [0, 0.05) is 5.88 Å². The molecule has 0 rings (SSSR count). The number of hydrogen-bond acceptors (Lipinski definition) is 0. The van der Waals surface area contributed by atoms with Crippen LogP contribution in [-0.4, -0.2) is 5.88 Å². The largest absolute Gasteiger partial charge is 0.122 e. The number of rotatable bonds is 7. The lowest BCUT2D eigenvalue weighted by atomic mass is 10.2. The summed E-state index contributed by atoms with van der Waals surface area (Å²) in [7, 11) is 0. The maximum Gasteiger partial charge on any atom is 0.0404 e. The van der Waals surface area contributed by atoms with Crippen LogP contribution in [0.2, 0.25) is 0 Å². The zero-order valence-electron chi connectivity index (χ0n) is 7.93. The molecule has 0 bridgehead atoms. The maximum atomic E-state index is 5.47. The summed E-state index contributed by atoms with van der Waals surface area (Å²) in [6, 6.07) is 0. The van der Waals surface area contributed by atoms with E-state index in [9.17, 15) is 0 Å². The average Bonchev–Trinajstić information content (AvgIpc) is 2.10. The van der Waals surface area contributed by atoms with Gasteiger partial charge in [-0.15, -0.1) is 11.6 Å². The van der Waals surface area contributed by atoms with Gasteiger partial charge in [0.25, 0.3) is 0 Å². The van der Waals surface area contributed by atoms with Crippen LogP contribution in [0.15, 0.2) is 24.3 Å². The fourth-order valence-electron chi connectivity index (χ4n) is 0.964. The smallest absolute Gasteiger partial charge is 0.0404 e. The first-order valence-electron chi connectivity index (χ1n) is 4.77. The molecule has 0 spiro atoms. The summed E-state index contributed by atoms with van der Waals surface area (Å²) in [4.78, 5) is 0. The molecule has 0 aliphatic heterocycles. The third kappa shape index (κ3) is 9.77. The van der Waals surface area contributed by atoms with E-state index >= 15 is 0 Å². The first kappa shape index (κ1) is 11.8. The lowest BCUT2D eigenvalue weighted by Gasteiger charge is -1.90. The summed E-state index contributed by atoms with van der Waals surface area (Å²) in [6.07, 6.45) is 14.8. The van der Waals surface area contributed by atoms with Crippen LogP contribution in [0, 0.1) is 0 Å². The third-order valence-electron chi connectivity index (χ3n) is 1.67. The molecular weight excluding hydrogens is 168 g/mol. The van der Waals surface area contributed by atoms with Gasteiger partial charge in [-0.1, -0.05) is 44.1 Å². The Hall–Kier alpha value is -0.230. The van der Waals surface area contributed by atoms with E-state index in [0.29, 0.717) is 5.88 Å². The van der Waals surface area contributed by atoms with Crippen LogP contribution in [0.5, 0.6) is 0 Å². The van der Waals surface area contributed by atoms with Gasteiger partial charge in [-0.2, -0.15) is 0 Å². The standard InChI is InChI=1S/C11H19Cl/c1-2-3-4-5-6-7-8-9-10-11-12/h6-7,9-10H,2-5,8,11H2,1H3. The number of hydrogen-bond donors (Lipinski definition) is 0. The fourth-order valence-corrected chi connectivity index (χ4v) is 1.09. The number of allylic oxidation sites excluding steroid dienone is 4. The molecule has 0 saturated heterocycles. The molecule has 1 heteroatoms. The summed E-state index contributed by atoms with van der Waals surface area (Å²) < 4.78 is 0. The molecule has 0 radical (unpaired) electrons. The van der Waals surface area contributed by atoms with Crippen molar-refractivity contribution >= 4 is 11.6 Å². The van der Waals surface area contributed by atoms with E-state index in [0.717, 1.165) is 6.42 Å². The first-order valence-corrected chi connectivity index (χ1v) is 5.31. The van der Waals surface area contributed by atoms with E-state index < -0.39 is 0 Å². The van der Waals surface area contributed by atoms with E-state index in [1.165, 1.54) is 25.7 Å². The van der Waals surface area contributed by atoms with Gasteiger partial charge in [0.05, 0.1) is 0 Å². The van der Waals surface area contributed by atoms with Crippen molar-refractivity contribution in [2.75, 3.05) is 5.88 Å². The van der Waals surface area contributed by atoms with Gasteiger partial charge in [-0.3, -0.25) is 0 Å². The predicted molar refractivity (Wildman–Crippen MR) is 57.8 cm³/mol. The molecular formula is C11H19Cl. The zero-order valence-corrected chi connectivity index (χ0v) is 8.69. The summed E-state index contributed by atoms with van der Waals surface area (Å²) in [6.45, 7) is 2.23. The minimum absolute atomic E-state index is 0.629. The minimum atomic E-state index is 0.629. The van der Waals surface area contributed by atoms with Crippen molar-refractivity contribution in [1.29, 1.82) is 0 Å². The molecule has 0 unspecified atom stereocenters. The highest BCUT2D eigenvalue weighted by molar-refractivity contribution is 6.18. The highest BCUT2D eigenvalue weighted by atomic mass is 35.5. The Morgan fingerprint density at radius 3 is 2.42 bits per heavy atom. The van der Waals surface area contributed by atoms with Crippen LogP contribution < -0.4 is 0 Å². The Balaban J connectivity index is 3.08. The Morgan fingerprint density at radius 1 is 1.00 bits per heavy atom. The Morgan fingerprint density at radius 2 is 1.75 bits per heavy atom. The first-order chi connectivity index (χ1) is 5.91. The Kier molecular flexibility index (Phi) is 10.6. The molecule has 0 aromatic carbocycles. The number of halogens is 1. The van der Waals surface area contributed by atoms with Crippen molar-refractivity contribution in [3.8, 4) is 0 Å². The molecule has 0 amide bonds. The maximum absolute atomic E-state index is 5.47. The molecule has 0 N–H and O–H groups in total. The van der Waals surface area contributed by atoms with Crippen LogP contribution in [0.3, 0.4) is 0 Å². The molecule has 0 atom stereocenters. The highest BCUT2D eigenvalue weighted by Gasteiger charge is 1.80. The van der Waals surface area contributed by atoms with E-state index in [2.05, 4.69) is 25.2 Å². The second-order valence-electron chi connectivity index (χ2n) is 2.83. The fraction of sp³-hybridized carbons (Fsp3) is 0.636. The summed E-state index contributed by atoms with van der Waals surface area (Å²) in [5.74, 6) is 0.629. The van der Waals surface area contributed by atoms with Gasteiger partial charge in [-0.05, 0) is 19.3 Å². The number of alkyl halides is 1. The molecule has 0 aromatic rings. The number of unbranched alkanes of at least 4 members (excludes halogenated alkanes) is 3. The average molecular weight is 187 g/mol. The quantitative estimate of drug-likeness (QED) is 0.316. The van der Waals surface area contributed by atoms with Gasteiger partial charge in [0.15, 0.2) is 0 Å². The zero-order chi connectivity index (χ0) is 9.07. The van der Waals surface area contributed by atoms with E-state index in [1.54, 1.807) is 0 Å². The summed E-state index contributed by atoms with van der Waals surface area (Å²) >= 11 is 5.47. The lowest BCUT2D eigenvalue weighted by Crippen LogP contribution is -1.70. The topological polar surface area (TPSA) is 0 Å². The van der Waals surface area contributed by atoms with Gasteiger partial charge in [0.1, 0.15) is 0 Å². The SMILES string of the molecule is CCCCCC=CCC=CCCl. The van der Waals surface area contributed by atoms with Crippen molar-refractivity contribution in [3.05, 3.63) is 24.3 Å². The second-order valence-corrected chi connectivity index (χ2v) is 3.14. The molecule has 0 nitrogen and oxygen atoms in total. The van der Waals surface area contributed by atoms with Gasteiger partial charge >= 0.3 is 0 Å². The Labute approximate surface area is 81.3 Å².